The van der Waals surface area contributed by atoms with E-state index in [0.29, 0.717) is 38.0 Å². The monoisotopic (exact) mass is 456 g/mol. The van der Waals surface area contributed by atoms with Gasteiger partial charge in [-0.05, 0) is 37.1 Å². The molecule has 0 aromatic carbocycles. The number of rotatable bonds is 5. The fourth-order valence-electron chi connectivity index (χ4n) is 3.65. The van der Waals surface area contributed by atoms with Crippen molar-refractivity contribution < 1.29 is 41.8 Å². The van der Waals surface area contributed by atoms with Gasteiger partial charge in [-0.25, -0.2) is 4.79 Å². The summed E-state index contributed by atoms with van der Waals surface area (Å²) in [5, 5.41) is 7.12. The minimum Gasteiger partial charge on any atom is -0.475 e. The third kappa shape index (κ3) is 5.46. The summed E-state index contributed by atoms with van der Waals surface area (Å²) in [4.78, 5) is 27.2. The van der Waals surface area contributed by atoms with Crippen LogP contribution in [-0.4, -0.2) is 64.9 Å². The van der Waals surface area contributed by atoms with Crippen LogP contribution in [-0.2, 0) is 20.9 Å². The molecular formula is C21H23F3N2O6. The Labute approximate surface area is 181 Å². The molecule has 0 radical (unpaired) electrons. The minimum atomic E-state index is -5.08. The Morgan fingerprint density at radius 3 is 2.50 bits per heavy atom. The van der Waals surface area contributed by atoms with Crippen molar-refractivity contribution in [2.24, 2.45) is 5.92 Å². The Kier molecular flexibility index (Phi) is 7.19. The number of hydrogen-bond donors (Lipinski definition) is 1. The van der Waals surface area contributed by atoms with Crippen molar-refractivity contribution in [3.63, 3.8) is 0 Å². The predicted octanol–water partition coefficient (Wildman–Crippen LogP) is 3.06. The molecule has 0 saturated carbocycles. The Bertz CT molecular complexity index is 925. The molecule has 2 aliphatic rings. The fourth-order valence-corrected chi connectivity index (χ4v) is 3.65. The number of ether oxygens (including phenoxy) is 2. The number of pyridine rings is 1. The van der Waals surface area contributed by atoms with E-state index in [1.807, 2.05) is 25.1 Å². The van der Waals surface area contributed by atoms with Crippen LogP contribution in [0.4, 0.5) is 13.2 Å². The number of alkyl halides is 3. The van der Waals surface area contributed by atoms with Gasteiger partial charge in [-0.3, -0.25) is 9.78 Å². The maximum Gasteiger partial charge on any atom is 0.490 e. The molecule has 1 N–H and O–H groups in total. The van der Waals surface area contributed by atoms with Crippen molar-refractivity contribution in [3.8, 4) is 0 Å². The molecule has 0 bridgehead atoms. The zero-order valence-electron chi connectivity index (χ0n) is 17.3. The number of nitrogens with zero attached hydrogens (tertiary/aromatic N) is 2. The molecule has 11 heteroatoms. The predicted molar refractivity (Wildman–Crippen MR) is 104 cm³/mol. The summed E-state index contributed by atoms with van der Waals surface area (Å²) < 4.78 is 48.9. The van der Waals surface area contributed by atoms with Gasteiger partial charge in [0.25, 0.3) is 5.91 Å². The summed E-state index contributed by atoms with van der Waals surface area (Å²) in [5.41, 5.74) is 1.73. The third-order valence-corrected chi connectivity index (χ3v) is 5.44. The van der Waals surface area contributed by atoms with Gasteiger partial charge in [-0.15, -0.1) is 0 Å². The number of aromatic nitrogens is 1. The normalized spacial score (nSPS) is 19.2. The number of amides is 1. The number of hydrogen-bond acceptors (Lipinski definition) is 6. The van der Waals surface area contributed by atoms with Crippen LogP contribution in [0, 0.1) is 12.8 Å². The molecular weight excluding hydrogens is 433 g/mol. The first-order valence-corrected chi connectivity index (χ1v) is 9.86. The van der Waals surface area contributed by atoms with Crippen LogP contribution >= 0.6 is 0 Å². The Morgan fingerprint density at radius 2 is 1.94 bits per heavy atom. The quantitative estimate of drug-likeness (QED) is 0.738. The van der Waals surface area contributed by atoms with Crippen molar-refractivity contribution >= 4 is 11.9 Å². The second kappa shape index (κ2) is 9.70. The smallest absolute Gasteiger partial charge is 0.475 e. The van der Waals surface area contributed by atoms with Crippen molar-refractivity contribution in [1.29, 1.82) is 0 Å². The zero-order chi connectivity index (χ0) is 23.4. The highest BCUT2D eigenvalue weighted by Gasteiger charge is 2.55. The molecule has 4 heterocycles. The van der Waals surface area contributed by atoms with E-state index in [0.717, 1.165) is 24.2 Å². The maximum atomic E-state index is 12.5. The van der Waals surface area contributed by atoms with E-state index < -0.39 is 12.1 Å². The number of likely N-dealkylation sites (tertiary alicyclic amines) is 1. The van der Waals surface area contributed by atoms with Crippen molar-refractivity contribution in [1.82, 2.24) is 9.88 Å². The number of carbonyl (C=O) groups excluding carboxylic acids is 1. The first-order chi connectivity index (χ1) is 15.1. The third-order valence-electron chi connectivity index (χ3n) is 5.44. The van der Waals surface area contributed by atoms with Crippen LogP contribution in [0.3, 0.4) is 0 Å². The summed E-state index contributed by atoms with van der Waals surface area (Å²) in [7, 11) is 0. The Morgan fingerprint density at radius 1 is 1.28 bits per heavy atom. The lowest BCUT2D eigenvalue weighted by Gasteiger charge is -2.49. The number of furan rings is 1. The van der Waals surface area contributed by atoms with Gasteiger partial charge in [-0.2, -0.15) is 13.2 Å². The molecule has 4 rings (SSSR count). The fraction of sp³-hybridized carbons (Fsp3) is 0.476. The van der Waals surface area contributed by atoms with Crippen LogP contribution in [0.2, 0.25) is 0 Å². The molecule has 1 spiro atoms. The second-order valence-electron chi connectivity index (χ2n) is 7.67. The molecule has 1 unspecified atom stereocenters. The van der Waals surface area contributed by atoms with Gasteiger partial charge < -0.3 is 23.9 Å². The summed E-state index contributed by atoms with van der Waals surface area (Å²) >= 11 is 0. The van der Waals surface area contributed by atoms with E-state index in [2.05, 4.69) is 4.98 Å². The van der Waals surface area contributed by atoms with Gasteiger partial charge >= 0.3 is 12.1 Å². The molecule has 8 nitrogen and oxygen atoms in total. The number of carboxylic acids is 1. The largest absolute Gasteiger partial charge is 0.490 e. The van der Waals surface area contributed by atoms with Crippen LogP contribution in [0.5, 0.6) is 0 Å². The van der Waals surface area contributed by atoms with E-state index in [1.54, 1.807) is 23.6 Å². The van der Waals surface area contributed by atoms with Gasteiger partial charge in [0.05, 0.1) is 32.6 Å². The van der Waals surface area contributed by atoms with E-state index in [4.69, 9.17) is 23.8 Å². The van der Waals surface area contributed by atoms with Crippen molar-refractivity contribution in [2.45, 2.75) is 31.7 Å². The Hall–Kier alpha value is -2.92. The first kappa shape index (κ1) is 23.7. The number of halogens is 3. The molecule has 1 amide bonds. The topological polar surface area (TPSA) is 102 Å². The highest BCUT2D eigenvalue weighted by Crippen LogP contribution is 2.41. The van der Waals surface area contributed by atoms with Gasteiger partial charge in [0.1, 0.15) is 5.60 Å². The summed E-state index contributed by atoms with van der Waals surface area (Å²) in [6.07, 6.45) is 0.980. The summed E-state index contributed by atoms with van der Waals surface area (Å²) in [6, 6.07) is 5.72. The number of carbonyl (C=O) groups is 2. The first-order valence-electron chi connectivity index (χ1n) is 9.86. The molecule has 2 fully saturated rings. The van der Waals surface area contributed by atoms with Crippen molar-refractivity contribution in [2.75, 3.05) is 26.3 Å². The molecule has 174 valence electrons. The maximum absolute atomic E-state index is 12.5. The average Bonchev–Trinajstić information content (AvgIpc) is 3.33. The van der Waals surface area contributed by atoms with Gasteiger partial charge in [0.15, 0.2) is 5.76 Å². The molecule has 1 atom stereocenters. The highest BCUT2D eigenvalue weighted by molar-refractivity contribution is 5.93. The van der Waals surface area contributed by atoms with Crippen LogP contribution in [0.15, 0.2) is 41.3 Å². The second-order valence-corrected chi connectivity index (χ2v) is 7.67. The van der Waals surface area contributed by atoms with E-state index in [9.17, 15) is 18.0 Å². The lowest BCUT2D eigenvalue weighted by molar-refractivity contribution is -0.192. The number of aliphatic carboxylic acids is 1. The van der Waals surface area contributed by atoms with Crippen LogP contribution in [0.1, 0.15) is 28.1 Å². The molecule has 0 aliphatic carbocycles. The summed E-state index contributed by atoms with van der Waals surface area (Å²) in [6.45, 7) is 5.04. The Balaban J connectivity index is 0.000000360. The molecule has 32 heavy (non-hydrogen) atoms. The van der Waals surface area contributed by atoms with E-state index >= 15 is 0 Å². The van der Waals surface area contributed by atoms with Crippen LogP contribution in [0.25, 0.3) is 0 Å². The standard InChI is InChI=1S/C19H22N2O4.C2HF3O2/c1-14-4-8-24-17(14)18(22)21-12-19(13-21)16(5-9-25-19)11-23-10-15-2-6-20-7-3-15;3-2(4,5)1(6)7/h2-4,6-8,16H,5,9-13H2,1H3;(H,6,7). The number of aryl methyl sites for hydroxylation is 1. The molecule has 2 aromatic heterocycles. The lowest BCUT2D eigenvalue weighted by atomic mass is 9.81. The zero-order valence-corrected chi connectivity index (χ0v) is 17.3. The minimum absolute atomic E-state index is 0.0555. The van der Waals surface area contributed by atoms with Gasteiger partial charge in [0.2, 0.25) is 0 Å². The van der Waals surface area contributed by atoms with E-state index in [-0.39, 0.29) is 11.5 Å². The van der Waals surface area contributed by atoms with Crippen LogP contribution < -0.4 is 0 Å². The molecule has 2 aromatic rings. The van der Waals surface area contributed by atoms with Gasteiger partial charge in [-0.1, -0.05) is 0 Å². The SMILES string of the molecule is Cc1ccoc1C(=O)N1CC2(C1)OCCC2COCc1ccncc1.O=C(O)C(F)(F)F. The molecule has 2 saturated heterocycles. The average molecular weight is 456 g/mol. The van der Waals surface area contributed by atoms with E-state index in [1.165, 1.54) is 0 Å². The number of carboxylic acid groups (broad SMARTS) is 1. The van der Waals surface area contributed by atoms with Gasteiger partial charge in [0, 0.05) is 30.5 Å². The van der Waals surface area contributed by atoms with Crippen molar-refractivity contribution in [3.05, 3.63) is 53.7 Å². The lowest BCUT2D eigenvalue weighted by Crippen LogP contribution is -2.66. The molecule has 2 aliphatic heterocycles. The highest BCUT2D eigenvalue weighted by atomic mass is 19.4. The summed E-state index contributed by atoms with van der Waals surface area (Å²) in [5.74, 6) is -2.07.